The van der Waals surface area contributed by atoms with E-state index in [9.17, 15) is 9.18 Å². The monoisotopic (exact) mass is 470 g/mol. The van der Waals surface area contributed by atoms with E-state index < -0.39 is 0 Å². The molecule has 1 aliphatic rings. The molecule has 0 saturated carbocycles. The molecule has 3 aromatic carbocycles. The smallest absolute Gasteiger partial charge is 0.259 e. The van der Waals surface area contributed by atoms with Crippen molar-refractivity contribution in [2.24, 2.45) is 0 Å². The van der Waals surface area contributed by atoms with E-state index in [4.69, 9.17) is 9.84 Å². The van der Waals surface area contributed by atoms with Gasteiger partial charge in [-0.15, -0.1) is 0 Å². The fourth-order valence-electron chi connectivity index (χ4n) is 4.24. The van der Waals surface area contributed by atoms with Gasteiger partial charge >= 0.3 is 0 Å². The average Bonchev–Trinajstić information content (AvgIpc) is 3.32. The van der Waals surface area contributed by atoms with Crippen LogP contribution in [0.2, 0.25) is 0 Å². The molecule has 1 aliphatic heterocycles. The zero-order chi connectivity index (χ0) is 24.2. The van der Waals surface area contributed by atoms with Crippen molar-refractivity contribution in [2.75, 3.05) is 31.6 Å². The quantitative estimate of drug-likeness (QED) is 0.427. The van der Waals surface area contributed by atoms with Crippen LogP contribution in [0.15, 0.2) is 79.0 Å². The molecule has 0 radical (unpaired) electrons. The maximum absolute atomic E-state index is 13.6. The summed E-state index contributed by atoms with van der Waals surface area (Å²) in [5, 5.41) is 7.82. The summed E-state index contributed by atoms with van der Waals surface area (Å²) in [5.41, 5.74) is 5.42. The topological polar surface area (TPSA) is 59.4 Å². The lowest BCUT2D eigenvalue weighted by Gasteiger charge is -2.27. The van der Waals surface area contributed by atoms with Gasteiger partial charge in [0.25, 0.3) is 5.91 Å². The van der Waals surface area contributed by atoms with Gasteiger partial charge in [-0.1, -0.05) is 42.0 Å². The van der Waals surface area contributed by atoms with Gasteiger partial charge in [-0.2, -0.15) is 5.10 Å². The number of aromatic nitrogens is 2. The minimum atomic E-state index is -0.324. The van der Waals surface area contributed by atoms with Crippen molar-refractivity contribution >= 4 is 11.6 Å². The van der Waals surface area contributed by atoms with E-state index in [2.05, 4.69) is 10.2 Å². The Morgan fingerprint density at radius 2 is 1.80 bits per heavy atom. The van der Waals surface area contributed by atoms with Crippen LogP contribution in [-0.2, 0) is 11.3 Å². The van der Waals surface area contributed by atoms with Crippen molar-refractivity contribution in [3.63, 3.8) is 0 Å². The van der Waals surface area contributed by atoms with Gasteiger partial charge in [-0.05, 0) is 48.9 Å². The molecule has 35 heavy (non-hydrogen) atoms. The van der Waals surface area contributed by atoms with Crippen LogP contribution >= 0.6 is 0 Å². The van der Waals surface area contributed by atoms with Gasteiger partial charge in [-0.3, -0.25) is 9.69 Å². The molecule has 1 fully saturated rings. The Morgan fingerprint density at radius 3 is 2.57 bits per heavy atom. The molecule has 0 aliphatic carbocycles. The fraction of sp³-hybridized carbons (Fsp3) is 0.214. The van der Waals surface area contributed by atoms with Crippen LogP contribution < -0.4 is 5.32 Å². The summed E-state index contributed by atoms with van der Waals surface area (Å²) >= 11 is 0. The van der Waals surface area contributed by atoms with E-state index in [0.29, 0.717) is 16.9 Å². The van der Waals surface area contributed by atoms with Gasteiger partial charge in [0.05, 0.1) is 24.5 Å². The maximum Gasteiger partial charge on any atom is 0.259 e. The number of amides is 1. The zero-order valence-electron chi connectivity index (χ0n) is 19.6. The first-order chi connectivity index (χ1) is 17.1. The van der Waals surface area contributed by atoms with Gasteiger partial charge in [0.15, 0.2) is 0 Å². The molecule has 7 heteroatoms. The van der Waals surface area contributed by atoms with Gasteiger partial charge in [-0.25, -0.2) is 9.07 Å². The molecule has 6 nitrogen and oxygen atoms in total. The number of benzene rings is 3. The lowest BCUT2D eigenvalue weighted by atomic mass is 10.0. The van der Waals surface area contributed by atoms with Crippen LogP contribution in [0.1, 0.15) is 21.5 Å². The molecule has 0 unspecified atom stereocenters. The molecule has 0 bridgehead atoms. The summed E-state index contributed by atoms with van der Waals surface area (Å²) in [6.45, 7) is 5.91. The molecule has 1 saturated heterocycles. The molecule has 0 spiro atoms. The number of ether oxygens (including phenoxy) is 1. The second-order valence-electron chi connectivity index (χ2n) is 8.68. The summed E-state index contributed by atoms with van der Waals surface area (Å²) in [6, 6.07) is 21.8. The Bertz CT molecular complexity index is 1330. The highest BCUT2D eigenvalue weighted by atomic mass is 19.1. The van der Waals surface area contributed by atoms with Crippen LogP contribution in [0.3, 0.4) is 0 Å². The van der Waals surface area contributed by atoms with Gasteiger partial charge in [0.2, 0.25) is 0 Å². The van der Waals surface area contributed by atoms with Crippen molar-refractivity contribution in [3.8, 4) is 16.9 Å². The number of para-hydroxylation sites is 1. The first-order valence-corrected chi connectivity index (χ1v) is 11.7. The summed E-state index contributed by atoms with van der Waals surface area (Å²) in [7, 11) is 0. The number of hydrogen-bond donors (Lipinski definition) is 1. The Morgan fingerprint density at radius 1 is 1.03 bits per heavy atom. The molecule has 0 atom stereocenters. The van der Waals surface area contributed by atoms with Crippen molar-refractivity contribution in [1.82, 2.24) is 14.7 Å². The van der Waals surface area contributed by atoms with Crippen molar-refractivity contribution in [2.45, 2.75) is 13.5 Å². The first kappa shape index (κ1) is 23.0. The molecule has 178 valence electrons. The number of nitrogens with zero attached hydrogens (tertiary/aromatic N) is 3. The lowest BCUT2D eigenvalue weighted by Crippen LogP contribution is -2.35. The molecular weight excluding hydrogens is 443 g/mol. The number of anilines is 1. The minimum Gasteiger partial charge on any atom is -0.379 e. The fourth-order valence-corrected chi connectivity index (χ4v) is 4.24. The van der Waals surface area contributed by atoms with E-state index in [1.54, 1.807) is 23.0 Å². The summed E-state index contributed by atoms with van der Waals surface area (Å²) in [4.78, 5) is 15.9. The molecule has 4 aromatic rings. The normalized spacial score (nSPS) is 14.1. The lowest BCUT2D eigenvalue weighted by molar-refractivity contribution is 0.0342. The third kappa shape index (κ3) is 5.31. The van der Waals surface area contributed by atoms with E-state index in [0.717, 1.165) is 55.2 Å². The van der Waals surface area contributed by atoms with Crippen LogP contribution in [0.5, 0.6) is 0 Å². The molecule has 1 aromatic heterocycles. The number of halogens is 1. The van der Waals surface area contributed by atoms with Crippen molar-refractivity contribution in [3.05, 3.63) is 102 Å². The number of hydrogen-bond acceptors (Lipinski definition) is 4. The third-order valence-corrected chi connectivity index (χ3v) is 6.10. The van der Waals surface area contributed by atoms with Crippen molar-refractivity contribution < 1.29 is 13.9 Å². The Kier molecular flexibility index (Phi) is 6.70. The number of carbonyl (C=O) groups is 1. The molecule has 2 heterocycles. The van der Waals surface area contributed by atoms with E-state index >= 15 is 0 Å². The second-order valence-corrected chi connectivity index (χ2v) is 8.68. The van der Waals surface area contributed by atoms with Gasteiger partial charge in [0.1, 0.15) is 11.5 Å². The third-order valence-electron chi connectivity index (χ3n) is 6.10. The number of rotatable bonds is 6. The van der Waals surface area contributed by atoms with E-state index in [1.807, 2.05) is 55.5 Å². The Labute approximate surface area is 204 Å². The van der Waals surface area contributed by atoms with E-state index in [1.165, 1.54) is 12.1 Å². The number of morpholine rings is 1. The second kappa shape index (κ2) is 10.2. The Balaban J connectivity index is 1.48. The van der Waals surface area contributed by atoms with Gasteiger partial charge < -0.3 is 10.1 Å². The Hall–Kier alpha value is -3.81. The molecule has 5 rings (SSSR count). The van der Waals surface area contributed by atoms with Crippen LogP contribution in [0.25, 0.3) is 16.9 Å². The van der Waals surface area contributed by atoms with Crippen molar-refractivity contribution in [1.29, 1.82) is 0 Å². The average molecular weight is 471 g/mol. The SMILES string of the molecule is Cc1cccc(-c2nn(-c3ccc(F)cc3)cc2C(=O)Nc2ccccc2CN2CCOCC2)c1. The molecule has 1 amide bonds. The minimum absolute atomic E-state index is 0.246. The summed E-state index contributed by atoms with van der Waals surface area (Å²) < 4.78 is 20.5. The standard InChI is InChI=1S/C28H27FN4O2/c1-20-5-4-7-21(17-20)27-25(19-33(31-27)24-11-9-23(29)10-12-24)28(34)30-26-8-3-2-6-22(26)18-32-13-15-35-16-14-32/h2-12,17,19H,13-16,18H2,1H3,(H,30,34). The predicted molar refractivity (Wildman–Crippen MR) is 134 cm³/mol. The van der Waals surface area contributed by atoms with Crippen LogP contribution in [0.4, 0.5) is 10.1 Å². The first-order valence-electron chi connectivity index (χ1n) is 11.7. The van der Waals surface area contributed by atoms with Gasteiger partial charge in [0, 0.05) is 37.1 Å². The largest absolute Gasteiger partial charge is 0.379 e. The van der Waals surface area contributed by atoms with Crippen LogP contribution in [-0.4, -0.2) is 46.9 Å². The highest BCUT2D eigenvalue weighted by molar-refractivity contribution is 6.08. The number of carbonyl (C=O) groups excluding carboxylic acids is 1. The zero-order valence-corrected chi connectivity index (χ0v) is 19.6. The molecule has 1 N–H and O–H groups in total. The summed E-state index contributed by atoms with van der Waals surface area (Å²) in [5.74, 6) is -0.570. The number of aryl methyl sites for hydroxylation is 1. The van der Waals surface area contributed by atoms with Crippen LogP contribution in [0, 0.1) is 12.7 Å². The summed E-state index contributed by atoms with van der Waals surface area (Å²) in [6.07, 6.45) is 1.70. The highest BCUT2D eigenvalue weighted by Crippen LogP contribution is 2.27. The molecular formula is C28H27FN4O2. The maximum atomic E-state index is 13.6. The highest BCUT2D eigenvalue weighted by Gasteiger charge is 2.21. The van der Waals surface area contributed by atoms with E-state index in [-0.39, 0.29) is 11.7 Å². The number of nitrogens with one attached hydrogen (secondary N) is 1. The predicted octanol–water partition coefficient (Wildman–Crippen LogP) is 5.07.